The minimum Gasteiger partial charge on any atom is -0.507 e. The number of phenols is 1. The first-order chi connectivity index (χ1) is 7.54. The van der Waals surface area contributed by atoms with E-state index < -0.39 is 0 Å². The molecule has 2 aromatic rings. The van der Waals surface area contributed by atoms with Gasteiger partial charge in [0.15, 0.2) is 0 Å². The van der Waals surface area contributed by atoms with Crippen molar-refractivity contribution in [1.82, 2.24) is 4.57 Å². The lowest BCUT2D eigenvalue weighted by Gasteiger charge is -2.09. The Labute approximate surface area is 92.7 Å². The second-order valence-corrected chi connectivity index (χ2v) is 3.76. The van der Waals surface area contributed by atoms with Crippen LogP contribution in [0.2, 0.25) is 0 Å². The zero-order valence-corrected chi connectivity index (χ0v) is 9.44. The Bertz CT molecular complexity index is 614. The fourth-order valence-corrected chi connectivity index (χ4v) is 1.74. The van der Waals surface area contributed by atoms with Gasteiger partial charge in [-0.15, -0.1) is 0 Å². The predicted octanol–water partition coefficient (Wildman–Crippen LogP) is 1.56. The minimum absolute atomic E-state index is 0.0463. The second-order valence-electron chi connectivity index (χ2n) is 3.76. The average Bonchev–Trinajstić information content (AvgIpc) is 2.25. The van der Waals surface area contributed by atoms with E-state index in [9.17, 15) is 9.90 Å². The number of hydrogen-bond acceptors (Lipinski definition) is 3. The van der Waals surface area contributed by atoms with Crippen molar-refractivity contribution < 1.29 is 9.84 Å². The van der Waals surface area contributed by atoms with Gasteiger partial charge in [-0.05, 0) is 24.4 Å². The molecule has 0 spiro atoms. The Morgan fingerprint density at radius 2 is 2.00 bits per heavy atom. The lowest BCUT2D eigenvalue weighted by molar-refractivity contribution is 0.409. The summed E-state index contributed by atoms with van der Waals surface area (Å²) in [6.07, 6.45) is 0. The largest absolute Gasteiger partial charge is 0.507 e. The summed E-state index contributed by atoms with van der Waals surface area (Å²) in [5, 5.41) is 10.8. The molecule has 1 aromatic carbocycles. The quantitative estimate of drug-likeness (QED) is 0.791. The lowest BCUT2D eigenvalue weighted by atomic mass is 10.1. The van der Waals surface area contributed by atoms with Gasteiger partial charge >= 0.3 is 0 Å². The van der Waals surface area contributed by atoms with Crippen LogP contribution in [-0.2, 0) is 7.05 Å². The van der Waals surface area contributed by atoms with Gasteiger partial charge in [0.25, 0.3) is 5.56 Å². The Hall–Kier alpha value is -1.97. The van der Waals surface area contributed by atoms with Gasteiger partial charge < -0.3 is 14.4 Å². The third kappa shape index (κ3) is 1.43. The van der Waals surface area contributed by atoms with E-state index in [0.717, 1.165) is 5.69 Å². The Kier molecular flexibility index (Phi) is 2.34. The number of aryl methyl sites for hydroxylation is 1. The summed E-state index contributed by atoms with van der Waals surface area (Å²) in [5.74, 6) is 0.493. The first-order valence-corrected chi connectivity index (χ1v) is 4.92. The van der Waals surface area contributed by atoms with Gasteiger partial charge in [0, 0.05) is 18.8 Å². The molecular weight excluding hydrogens is 206 g/mol. The molecule has 0 amide bonds. The van der Waals surface area contributed by atoms with Crippen LogP contribution in [0.1, 0.15) is 5.69 Å². The molecule has 1 aromatic heterocycles. The molecular formula is C12H13NO3. The van der Waals surface area contributed by atoms with Crippen LogP contribution in [0.4, 0.5) is 0 Å². The topological polar surface area (TPSA) is 51.5 Å². The number of phenolic OH excluding ortho intramolecular Hbond substituents is 1. The van der Waals surface area contributed by atoms with Crippen LogP contribution in [0, 0.1) is 6.92 Å². The summed E-state index contributed by atoms with van der Waals surface area (Å²) < 4.78 is 6.55. The van der Waals surface area contributed by atoms with E-state index in [1.807, 2.05) is 13.0 Å². The molecule has 0 unspecified atom stereocenters. The highest BCUT2D eigenvalue weighted by Gasteiger charge is 2.10. The van der Waals surface area contributed by atoms with E-state index in [0.29, 0.717) is 16.5 Å². The standard InChI is InChI=1S/C12H13NO3/c1-7-4-8-5-9(16-3)6-10(14)11(8)12(15)13(7)2/h4-6,14H,1-3H3. The molecule has 0 fully saturated rings. The molecule has 0 atom stereocenters. The average molecular weight is 219 g/mol. The highest BCUT2D eigenvalue weighted by atomic mass is 16.5. The molecule has 1 heterocycles. The van der Waals surface area contributed by atoms with Gasteiger partial charge in [-0.2, -0.15) is 0 Å². The maximum atomic E-state index is 11.9. The van der Waals surface area contributed by atoms with Crippen LogP contribution < -0.4 is 10.3 Å². The van der Waals surface area contributed by atoms with E-state index in [1.165, 1.54) is 17.7 Å². The number of aromatic nitrogens is 1. The fraction of sp³-hybridized carbons (Fsp3) is 0.250. The first kappa shape index (κ1) is 10.5. The molecule has 0 aliphatic rings. The van der Waals surface area contributed by atoms with Crippen molar-refractivity contribution in [3.8, 4) is 11.5 Å². The molecule has 0 radical (unpaired) electrons. The summed E-state index contributed by atoms with van der Waals surface area (Å²) in [6, 6.07) is 5.03. The van der Waals surface area contributed by atoms with Gasteiger partial charge in [-0.1, -0.05) is 0 Å². The molecule has 4 heteroatoms. The second kappa shape index (κ2) is 3.56. The van der Waals surface area contributed by atoms with Crippen molar-refractivity contribution in [2.75, 3.05) is 7.11 Å². The van der Waals surface area contributed by atoms with E-state index in [2.05, 4.69) is 0 Å². The number of hydrogen-bond donors (Lipinski definition) is 1. The van der Waals surface area contributed by atoms with E-state index in [1.54, 1.807) is 13.1 Å². The molecule has 2 rings (SSSR count). The van der Waals surface area contributed by atoms with Crippen LogP contribution in [0.5, 0.6) is 11.5 Å². The highest BCUT2D eigenvalue weighted by Crippen LogP contribution is 2.28. The van der Waals surface area contributed by atoms with E-state index >= 15 is 0 Å². The van der Waals surface area contributed by atoms with Gasteiger partial charge in [0.05, 0.1) is 12.5 Å². The van der Waals surface area contributed by atoms with Gasteiger partial charge in [-0.3, -0.25) is 4.79 Å². The maximum absolute atomic E-state index is 11.9. The lowest BCUT2D eigenvalue weighted by Crippen LogP contribution is -2.18. The number of rotatable bonds is 1. The van der Waals surface area contributed by atoms with Gasteiger partial charge in [0.1, 0.15) is 11.5 Å². The van der Waals surface area contributed by atoms with Crippen molar-refractivity contribution in [1.29, 1.82) is 0 Å². The summed E-state index contributed by atoms with van der Waals surface area (Å²) in [4.78, 5) is 11.9. The number of aromatic hydroxyl groups is 1. The summed E-state index contributed by atoms with van der Waals surface area (Å²) in [5.41, 5.74) is 0.639. The number of fused-ring (bicyclic) bond motifs is 1. The van der Waals surface area contributed by atoms with Crippen molar-refractivity contribution in [3.05, 3.63) is 34.2 Å². The van der Waals surface area contributed by atoms with Crippen molar-refractivity contribution >= 4 is 10.8 Å². The van der Waals surface area contributed by atoms with Crippen molar-refractivity contribution in [2.45, 2.75) is 6.92 Å². The fourth-order valence-electron chi connectivity index (χ4n) is 1.74. The number of ether oxygens (including phenoxy) is 1. The Morgan fingerprint density at radius 3 is 2.62 bits per heavy atom. The molecule has 0 aliphatic carbocycles. The first-order valence-electron chi connectivity index (χ1n) is 4.92. The predicted molar refractivity (Wildman–Crippen MR) is 62.1 cm³/mol. The van der Waals surface area contributed by atoms with Crippen LogP contribution in [0.15, 0.2) is 23.0 Å². The Balaban J connectivity index is 2.96. The van der Waals surface area contributed by atoms with Crippen LogP contribution in [-0.4, -0.2) is 16.8 Å². The smallest absolute Gasteiger partial charge is 0.262 e. The normalized spacial score (nSPS) is 10.7. The third-order valence-corrected chi connectivity index (χ3v) is 2.77. The zero-order chi connectivity index (χ0) is 11.9. The molecule has 0 saturated carbocycles. The molecule has 84 valence electrons. The van der Waals surface area contributed by atoms with Crippen molar-refractivity contribution in [3.63, 3.8) is 0 Å². The van der Waals surface area contributed by atoms with Gasteiger partial charge in [0.2, 0.25) is 0 Å². The van der Waals surface area contributed by atoms with Crippen LogP contribution in [0.25, 0.3) is 10.8 Å². The van der Waals surface area contributed by atoms with Crippen LogP contribution in [0.3, 0.4) is 0 Å². The molecule has 0 aliphatic heterocycles. The minimum atomic E-state index is -0.199. The molecule has 16 heavy (non-hydrogen) atoms. The maximum Gasteiger partial charge on any atom is 0.262 e. The SMILES string of the molecule is COc1cc(O)c2c(=O)n(C)c(C)cc2c1. The molecule has 4 nitrogen and oxygen atoms in total. The monoisotopic (exact) mass is 219 g/mol. The number of pyridine rings is 1. The molecule has 0 bridgehead atoms. The number of benzene rings is 1. The molecule has 0 saturated heterocycles. The van der Waals surface area contributed by atoms with Crippen molar-refractivity contribution in [2.24, 2.45) is 7.05 Å². The zero-order valence-electron chi connectivity index (χ0n) is 9.44. The number of nitrogens with zero attached hydrogens (tertiary/aromatic N) is 1. The van der Waals surface area contributed by atoms with E-state index in [-0.39, 0.29) is 11.3 Å². The Morgan fingerprint density at radius 1 is 1.31 bits per heavy atom. The van der Waals surface area contributed by atoms with E-state index in [4.69, 9.17) is 4.74 Å². The third-order valence-electron chi connectivity index (χ3n) is 2.77. The summed E-state index contributed by atoms with van der Waals surface area (Å²) in [6.45, 7) is 1.84. The number of methoxy groups -OCH3 is 1. The van der Waals surface area contributed by atoms with Gasteiger partial charge in [-0.25, -0.2) is 0 Å². The summed E-state index contributed by atoms with van der Waals surface area (Å²) in [7, 11) is 3.20. The summed E-state index contributed by atoms with van der Waals surface area (Å²) >= 11 is 0. The van der Waals surface area contributed by atoms with Crippen LogP contribution >= 0.6 is 0 Å². The highest BCUT2D eigenvalue weighted by molar-refractivity contribution is 5.89. The molecule has 1 N–H and O–H groups in total.